The van der Waals surface area contributed by atoms with E-state index in [0.29, 0.717) is 10.7 Å². The van der Waals surface area contributed by atoms with Crippen LogP contribution in [0.3, 0.4) is 0 Å². The first kappa shape index (κ1) is 17.6. The second-order valence-electron chi connectivity index (χ2n) is 4.30. The summed E-state index contributed by atoms with van der Waals surface area (Å²) in [6.07, 6.45) is -7.52. The molecule has 1 aromatic carbocycles. The largest absolute Gasteiger partial charge is 0.394 e. The van der Waals surface area contributed by atoms with E-state index in [4.69, 9.17) is 21.8 Å². The van der Waals surface area contributed by atoms with Gasteiger partial charge < -0.3 is 25.5 Å². The van der Waals surface area contributed by atoms with Crippen molar-refractivity contribution in [3.63, 3.8) is 0 Å². The summed E-state index contributed by atoms with van der Waals surface area (Å²) in [5.74, 6) is -1.04. The number of hydrazine groups is 1. The number of benzene rings is 1. The van der Waals surface area contributed by atoms with Crippen LogP contribution in [0.15, 0.2) is 24.3 Å². The van der Waals surface area contributed by atoms with E-state index in [-0.39, 0.29) is 0 Å². The van der Waals surface area contributed by atoms with Crippen LogP contribution < -0.4 is 10.9 Å². The lowest BCUT2D eigenvalue weighted by Crippen LogP contribution is -2.52. The molecule has 0 aromatic heterocycles. The van der Waals surface area contributed by atoms with Gasteiger partial charge in [-0.25, -0.2) is 0 Å². The molecular formula is C12H17ClN2O6. The minimum atomic E-state index is -2.01. The molecule has 0 aliphatic rings. The molecule has 0 saturated carbocycles. The standard InChI is InChI=1S/C12H17ClN2O6/c13-6-2-1-3-7(4-6)14-15-12(21)11(20)10(19)9(18)8(17)5-16/h1-4,8-11,14,16-20H,5H2,(H,15,21)/t8-,9-,10+,11+/m1/s1. The molecule has 0 radical (unpaired) electrons. The second kappa shape index (κ2) is 8.13. The third-order valence-corrected chi connectivity index (χ3v) is 2.91. The highest BCUT2D eigenvalue weighted by molar-refractivity contribution is 6.30. The van der Waals surface area contributed by atoms with Crippen LogP contribution in [0.4, 0.5) is 5.69 Å². The van der Waals surface area contributed by atoms with Crippen molar-refractivity contribution in [1.82, 2.24) is 5.43 Å². The first-order valence-electron chi connectivity index (χ1n) is 6.01. The number of carbonyl (C=O) groups is 1. The van der Waals surface area contributed by atoms with Crippen molar-refractivity contribution < 1.29 is 30.3 Å². The van der Waals surface area contributed by atoms with Crippen LogP contribution in [0.2, 0.25) is 5.02 Å². The van der Waals surface area contributed by atoms with Gasteiger partial charge in [0.1, 0.15) is 18.3 Å². The minimum Gasteiger partial charge on any atom is -0.394 e. The van der Waals surface area contributed by atoms with E-state index in [1.807, 2.05) is 0 Å². The summed E-state index contributed by atoms with van der Waals surface area (Å²) in [5, 5.41) is 46.6. The highest BCUT2D eigenvalue weighted by Crippen LogP contribution is 2.14. The Morgan fingerprint density at radius 3 is 2.43 bits per heavy atom. The van der Waals surface area contributed by atoms with Crippen LogP contribution in [0.25, 0.3) is 0 Å². The Kier molecular flexibility index (Phi) is 6.82. The summed E-state index contributed by atoms with van der Waals surface area (Å²) < 4.78 is 0. The molecule has 0 unspecified atom stereocenters. The van der Waals surface area contributed by atoms with Gasteiger partial charge in [0, 0.05) is 5.02 Å². The number of nitrogens with one attached hydrogen (secondary N) is 2. The molecule has 9 heteroatoms. The van der Waals surface area contributed by atoms with Gasteiger partial charge in [0.05, 0.1) is 12.3 Å². The smallest absolute Gasteiger partial charge is 0.269 e. The summed E-state index contributed by atoms with van der Waals surface area (Å²) in [7, 11) is 0. The predicted molar refractivity (Wildman–Crippen MR) is 74.3 cm³/mol. The number of amides is 1. The zero-order valence-electron chi connectivity index (χ0n) is 10.8. The first-order valence-corrected chi connectivity index (χ1v) is 6.39. The molecule has 7 N–H and O–H groups in total. The van der Waals surface area contributed by atoms with Gasteiger partial charge in [0.15, 0.2) is 6.10 Å². The Hall–Kier alpha value is -1.42. The molecule has 0 heterocycles. The maximum absolute atomic E-state index is 11.6. The lowest BCUT2D eigenvalue weighted by Gasteiger charge is -2.25. The highest BCUT2D eigenvalue weighted by Gasteiger charge is 2.34. The second-order valence-corrected chi connectivity index (χ2v) is 4.74. The first-order chi connectivity index (χ1) is 9.86. The van der Waals surface area contributed by atoms with Crippen molar-refractivity contribution in [2.24, 2.45) is 0 Å². The van der Waals surface area contributed by atoms with Gasteiger partial charge in [-0.15, -0.1) is 0 Å². The zero-order valence-corrected chi connectivity index (χ0v) is 11.6. The Bertz CT molecular complexity index is 475. The number of halogens is 1. The Morgan fingerprint density at radius 1 is 1.19 bits per heavy atom. The molecule has 0 aliphatic carbocycles. The highest BCUT2D eigenvalue weighted by atomic mass is 35.5. The molecule has 8 nitrogen and oxygen atoms in total. The van der Waals surface area contributed by atoms with Crippen molar-refractivity contribution >= 4 is 23.2 Å². The molecule has 0 fully saturated rings. The van der Waals surface area contributed by atoms with Gasteiger partial charge in [-0.2, -0.15) is 0 Å². The van der Waals surface area contributed by atoms with Crippen molar-refractivity contribution in [3.8, 4) is 0 Å². The van der Waals surface area contributed by atoms with Gasteiger partial charge in [0.25, 0.3) is 5.91 Å². The van der Waals surface area contributed by atoms with Crippen LogP contribution in [0.1, 0.15) is 0 Å². The Balaban J connectivity index is 2.54. The van der Waals surface area contributed by atoms with E-state index in [1.165, 1.54) is 6.07 Å². The van der Waals surface area contributed by atoms with Crippen molar-refractivity contribution in [2.75, 3.05) is 12.0 Å². The van der Waals surface area contributed by atoms with Gasteiger partial charge in [0.2, 0.25) is 0 Å². The van der Waals surface area contributed by atoms with Gasteiger partial charge in [-0.05, 0) is 18.2 Å². The van der Waals surface area contributed by atoms with Crippen LogP contribution in [-0.4, -0.2) is 62.5 Å². The molecular weight excluding hydrogens is 304 g/mol. The fraction of sp³-hybridized carbons (Fsp3) is 0.417. The Morgan fingerprint density at radius 2 is 1.86 bits per heavy atom. The van der Waals surface area contributed by atoms with Gasteiger partial charge in [-0.1, -0.05) is 17.7 Å². The number of hydrogen-bond acceptors (Lipinski definition) is 7. The van der Waals surface area contributed by atoms with Crippen LogP contribution >= 0.6 is 11.6 Å². The van der Waals surface area contributed by atoms with Crippen LogP contribution in [-0.2, 0) is 4.79 Å². The molecule has 1 rings (SSSR count). The fourth-order valence-electron chi connectivity index (χ4n) is 1.45. The third-order valence-electron chi connectivity index (χ3n) is 2.68. The van der Waals surface area contributed by atoms with E-state index in [2.05, 4.69) is 10.9 Å². The SMILES string of the molecule is O=C(NNc1cccc(Cl)c1)[C@@H](O)[C@@H](O)[C@H](O)[C@H](O)CO. The quantitative estimate of drug-likeness (QED) is 0.294. The lowest BCUT2D eigenvalue weighted by molar-refractivity contribution is -0.148. The predicted octanol–water partition coefficient (Wildman–Crippen LogP) is -1.78. The molecule has 0 aliphatic heterocycles. The van der Waals surface area contributed by atoms with Gasteiger partial charge >= 0.3 is 0 Å². The van der Waals surface area contributed by atoms with E-state index in [1.54, 1.807) is 18.2 Å². The van der Waals surface area contributed by atoms with E-state index in [9.17, 15) is 20.1 Å². The molecule has 1 aromatic rings. The van der Waals surface area contributed by atoms with Crippen molar-refractivity contribution in [2.45, 2.75) is 24.4 Å². The van der Waals surface area contributed by atoms with Crippen LogP contribution in [0, 0.1) is 0 Å². The monoisotopic (exact) mass is 320 g/mol. The minimum absolute atomic E-state index is 0.427. The number of rotatable bonds is 7. The zero-order chi connectivity index (χ0) is 16.0. The van der Waals surface area contributed by atoms with E-state index < -0.39 is 36.9 Å². The average molecular weight is 321 g/mol. The number of aliphatic hydroxyl groups is 5. The Labute approximate surface area is 125 Å². The summed E-state index contributed by atoms with van der Waals surface area (Å²) in [5.41, 5.74) is 5.00. The molecule has 0 bridgehead atoms. The van der Waals surface area contributed by atoms with E-state index in [0.717, 1.165) is 0 Å². The van der Waals surface area contributed by atoms with Crippen LogP contribution in [0.5, 0.6) is 0 Å². The normalized spacial score (nSPS) is 16.7. The molecule has 1 amide bonds. The summed E-state index contributed by atoms with van der Waals surface area (Å²) in [6.45, 7) is -0.826. The maximum Gasteiger partial charge on any atom is 0.269 e. The molecule has 4 atom stereocenters. The van der Waals surface area contributed by atoms with E-state index >= 15 is 0 Å². The molecule has 0 spiro atoms. The fourth-order valence-corrected chi connectivity index (χ4v) is 1.64. The summed E-state index contributed by atoms with van der Waals surface area (Å²) >= 11 is 5.74. The van der Waals surface area contributed by atoms with Gasteiger partial charge in [-0.3, -0.25) is 15.6 Å². The maximum atomic E-state index is 11.6. The average Bonchev–Trinajstić information content (AvgIpc) is 2.49. The summed E-state index contributed by atoms with van der Waals surface area (Å²) in [6, 6.07) is 6.36. The topological polar surface area (TPSA) is 142 Å². The number of hydrogen-bond donors (Lipinski definition) is 7. The van der Waals surface area contributed by atoms with Crippen molar-refractivity contribution in [1.29, 1.82) is 0 Å². The summed E-state index contributed by atoms with van der Waals surface area (Å²) in [4.78, 5) is 11.6. The number of carbonyl (C=O) groups excluding carboxylic acids is 1. The lowest BCUT2D eigenvalue weighted by atomic mass is 10.0. The third kappa shape index (κ3) is 5.12. The van der Waals surface area contributed by atoms with Crippen molar-refractivity contribution in [3.05, 3.63) is 29.3 Å². The molecule has 0 saturated heterocycles. The molecule has 21 heavy (non-hydrogen) atoms. The molecule has 118 valence electrons. The number of anilines is 1. The number of aliphatic hydroxyl groups excluding tert-OH is 5.